The van der Waals surface area contributed by atoms with Gasteiger partial charge in [0.15, 0.2) is 0 Å². The first-order valence-electron chi connectivity index (χ1n) is 5.71. The zero-order valence-corrected chi connectivity index (χ0v) is 11.3. The van der Waals surface area contributed by atoms with Crippen LogP contribution in [0.25, 0.3) is 0 Å². The summed E-state index contributed by atoms with van der Waals surface area (Å²) < 4.78 is 12.8. The van der Waals surface area contributed by atoms with E-state index in [1.54, 1.807) is 0 Å². The molecule has 0 aromatic heterocycles. The Kier molecular flexibility index (Phi) is 4.86. The Labute approximate surface area is 114 Å². The van der Waals surface area contributed by atoms with E-state index in [-0.39, 0.29) is 17.0 Å². The van der Waals surface area contributed by atoms with Crippen molar-refractivity contribution in [1.29, 1.82) is 0 Å². The van der Waals surface area contributed by atoms with Crippen molar-refractivity contribution in [2.24, 2.45) is 0 Å². The monoisotopic (exact) mass is 288 g/mol. The number of carbonyl (C=O) groups is 1. The Morgan fingerprint density at radius 2 is 2.44 bits per heavy atom. The van der Waals surface area contributed by atoms with Crippen LogP contribution in [0, 0.1) is 5.82 Å². The van der Waals surface area contributed by atoms with E-state index in [1.807, 2.05) is 11.8 Å². The van der Waals surface area contributed by atoms with Crippen molar-refractivity contribution >= 4 is 35.0 Å². The number of amides is 1. The van der Waals surface area contributed by atoms with Crippen LogP contribution >= 0.6 is 23.4 Å². The third kappa shape index (κ3) is 3.86. The Morgan fingerprint density at radius 3 is 3.11 bits per heavy atom. The molecule has 1 saturated heterocycles. The molecule has 1 unspecified atom stereocenters. The maximum absolute atomic E-state index is 12.8. The molecule has 3 nitrogen and oxygen atoms in total. The van der Waals surface area contributed by atoms with E-state index in [2.05, 4.69) is 10.6 Å². The molecule has 0 bridgehead atoms. The van der Waals surface area contributed by atoms with E-state index in [0.29, 0.717) is 12.1 Å². The first-order valence-corrected chi connectivity index (χ1v) is 7.24. The lowest BCUT2D eigenvalue weighted by atomic mass is 10.2. The summed E-state index contributed by atoms with van der Waals surface area (Å²) in [6.07, 6.45) is 0.403. The van der Waals surface area contributed by atoms with Gasteiger partial charge in [-0.15, -0.1) is 0 Å². The fourth-order valence-corrected chi connectivity index (χ4v) is 2.93. The number of hydrogen-bond donors (Lipinski definition) is 2. The highest BCUT2D eigenvalue weighted by Crippen LogP contribution is 2.22. The van der Waals surface area contributed by atoms with Gasteiger partial charge in [-0.3, -0.25) is 4.79 Å². The van der Waals surface area contributed by atoms with E-state index in [0.717, 1.165) is 18.1 Å². The lowest BCUT2D eigenvalue weighted by molar-refractivity contribution is -0.116. The molecule has 0 saturated carbocycles. The van der Waals surface area contributed by atoms with E-state index >= 15 is 0 Å². The summed E-state index contributed by atoms with van der Waals surface area (Å²) in [5, 5.41) is 6.20. The zero-order valence-electron chi connectivity index (χ0n) is 9.71. The van der Waals surface area contributed by atoms with Gasteiger partial charge in [0, 0.05) is 30.5 Å². The fourth-order valence-electron chi connectivity index (χ4n) is 1.77. The quantitative estimate of drug-likeness (QED) is 0.898. The summed E-state index contributed by atoms with van der Waals surface area (Å²) in [5.41, 5.74) is 0.450. The standard InChI is InChI=1S/C12H14ClFN2OS/c13-10-5-8(14)1-2-11(10)16-12(17)6-9-7-18-4-3-15-9/h1-2,5,9,15H,3-4,6-7H2,(H,16,17). The number of benzene rings is 1. The number of thioether (sulfide) groups is 1. The van der Waals surface area contributed by atoms with Crippen molar-refractivity contribution in [1.82, 2.24) is 5.32 Å². The van der Waals surface area contributed by atoms with Crippen LogP contribution in [0.3, 0.4) is 0 Å². The van der Waals surface area contributed by atoms with Crippen LogP contribution in [0.5, 0.6) is 0 Å². The third-order valence-corrected chi connectivity index (χ3v) is 4.08. The summed E-state index contributed by atoms with van der Waals surface area (Å²) >= 11 is 7.68. The van der Waals surface area contributed by atoms with E-state index < -0.39 is 5.82 Å². The molecule has 1 aliphatic rings. The van der Waals surface area contributed by atoms with Crippen LogP contribution < -0.4 is 10.6 Å². The maximum atomic E-state index is 12.8. The molecule has 1 heterocycles. The van der Waals surface area contributed by atoms with E-state index in [4.69, 9.17) is 11.6 Å². The maximum Gasteiger partial charge on any atom is 0.226 e. The molecule has 1 aliphatic heterocycles. The average Bonchev–Trinajstić information content (AvgIpc) is 2.34. The van der Waals surface area contributed by atoms with Gasteiger partial charge >= 0.3 is 0 Å². The van der Waals surface area contributed by atoms with Crippen LogP contribution in [-0.2, 0) is 4.79 Å². The smallest absolute Gasteiger partial charge is 0.226 e. The van der Waals surface area contributed by atoms with Gasteiger partial charge in [0.1, 0.15) is 5.82 Å². The molecule has 1 aromatic rings. The van der Waals surface area contributed by atoms with Gasteiger partial charge in [0.2, 0.25) is 5.91 Å². The number of carbonyl (C=O) groups excluding carboxylic acids is 1. The molecule has 1 amide bonds. The molecule has 1 aromatic carbocycles. The highest BCUT2D eigenvalue weighted by molar-refractivity contribution is 7.99. The molecule has 98 valence electrons. The first kappa shape index (κ1) is 13.6. The molecular formula is C12H14ClFN2OS. The molecule has 2 N–H and O–H groups in total. The molecule has 0 spiro atoms. The minimum atomic E-state index is -0.414. The SMILES string of the molecule is O=C(CC1CSCCN1)Nc1ccc(F)cc1Cl. The molecule has 1 fully saturated rings. The second kappa shape index (κ2) is 6.41. The summed E-state index contributed by atoms with van der Waals surface area (Å²) in [5.74, 6) is 1.50. The Balaban J connectivity index is 1.90. The largest absolute Gasteiger partial charge is 0.325 e. The van der Waals surface area contributed by atoms with Gasteiger partial charge in [-0.25, -0.2) is 4.39 Å². The molecule has 0 aliphatic carbocycles. The van der Waals surface area contributed by atoms with Crippen molar-refractivity contribution in [2.45, 2.75) is 12.5 Å². The predicted octanol–water partition coefficient (Wildman–Crippen LogP) is 2.51. The van der Waals surface area contributed by atoms with Crippen LogP contribution in [0.4, 0.5) is 10.1 Å². The van der Waals surface area contributed by atoms with Crippen molar-refractivity contribution in [3.63, 3.8) is 0 Å². The van der Waals surface area contributed by atoms with Gasteiger partial charge in [-0.1, -0.05) is 11.6 Å². The molecule has 2 rings (SSSR count). The second-order valence-electron chi connectivity index (χ2n) is 4.10. The molecule has 0 radical (unpaired) electrons. The second-order valence-corrected chi connectivity index (χ2v) is 5.66. The van der Waals surface area contributed by atoms with Gasteiger partial charge in [-0.2, -0.15) is 11.8 Å². The average molecular weight is 289 g/mol. The summed E-state index contributed by atoms with van der Waals surface area (Å²) in [4.78, 5) is 11.8. The van der Waals surface area contributed by atoms with Gasteiger partial charge in [0.05, 0.1) is 10.7 Å². The van der Waals surface area contributed by atoms with Crippen LogP contribution in [0.1, 0.15) is 6.42 Å². The lowest BCUT2D eigenvalue weighted by Gasteiger charge is -2.22. The minimum Gasteiger partial charge on any atom is -0.325 e. The van der Waals surface area contributed by atoms with Crippen molar-refractivity contribution < 1.29 is 9.18 Å². The minimum absolute atomic E-state index is 0.108. The normalized spacial score (nSPS) is 19.6. The predicted molar refractivity (Wildman–Crippen MR) is 73.8 cm³/mol. The van der Waals surface area contributed by atoms with Gasteiger partial charge in [0.25, 0.3) is 0 Å². The number of anilines is 1. The highest BCUT2D eigenvalue weighted by Gasteiger charge is 2.17. The summed E-state index contributed by atoms with van der Waals surface area (Å²) in [6, 6.07) is 4.13. The number of rotatable bonds is 3. The van der Waals surface area contributed by atoms with Crippen molar-refractivity contribution in [2.75, 3.05) is 23.4 Å². The van der Waals surface area contributed by atoms with Crippen LogP contribution in [-0.4, -0.2) is 30.0 Å². The number of halogens is 2. The Morgan fingerprint density at radius 1 is 1.61 bits per heavy atom. The fraction of sp³-hybridized carbons (Fsp3) is 0.417. The number of nitrogens with one attached hydrogen (secondary N) is 2. The summed E-state index contributed by atoms with van der Waals surface area (Å²) in [6.45, 7) is 0.930. The topological polar surface area (TPSA) is 41.1 Å². The molecule has 1 atom stereocenters. The molecule has 6 heteroatoms. The van der Waals surface area contributed by atoms with E-state index in [1.165, 1.54) is 18.2 Å². The Hall–Kier alpha value is -0.780. The lowest BCUT2D eigenvalue weighted by Crippen LogP contribution is -2.39. The highest BCUT2D eigenvalue weighted by atomic mass is 35.5. The van der Waals surface area contributed by atoms with Gasteiger partial charge < -0.3 is 10.6 Å². The molecular weight excluding hydrogens is 275 g/mol. The third-order valence-electron chi connectivity index (χ3n) is 2.64. The number of hydrogen-bond acceptors (Lipinski definition) is 3. The van der Waals surface area contributed by atoms with Crippen LogP contribution in [0.2, 0.25) is 5.02 Å². The zero-order chi connectivity index (χ0) is 13.0. The Bertz CT molecular complexity index is 438. The van der Waals surface area contributed by atoms with Gasteiger partial charge in [-0.05, 0) is 18.2 Å². The van der Waals surface area contributed by atoms with Crippen LogP contribution in [0.15, 0.2) is 18.2 Å². The van der Waals surface area contributed by atoms with Crippen molar-refractivity contribution in [3.05, 3.63) is 29.0 Å². The summed E-state index contributed by atoms with van der Waals surface area (Å²) in [7, 11) is 0. The van der Waals surface area contributed by atoms with E-state index in [9.17, 15) is 9.18 Å². The van der Waals surface area contributed by atoms with Crippen molar-refractivity contribution in [3.8, 4) is 0 Å². The molecule has 18 heavy (non-hydrogen) atoms. The first-order chi connectivity index (χ1) is 8.65.